The number of amides is 2. The van der Waals surface area contributed by atoms with Gasteiger partial charge in [-0.05, 0) is 24.3 Å². The van der Waals surface area contributed by atoms with Gasteiger partial charge in [-0.25, -0.2) is 4.98 Å². The van der Waals surface area contributed by atoms with Crippen LogP contribution in [0.3, 0.4) is 0 Å². The predicted octanol–water partition coefficient (Wildman–Crippen LogP) is 2.20. The number of pyridine rings is 1. The number of hydrogen-bond acceptors (Lipinski definition) is 5. The van der Waals surface area contributed by atoms with Gasteiger partial charge in [0.2, 0.25) is 5.91 Å². The van der Waals surface area contributed by atoms with E-state index < -0.39 is 5.25 Å². The van der Waals surface area contributed by atoms with Crippen molar-refractivity contribution in [2.45, 2.75) is 10.1 Å². The number of nitrogens with zero attached hydrogens (tertiary/aromatic N) is 1. The molecule has 1 atom stereocenters. The minimum atomic E-state index is -0.459. The molecule has 0 aliphatic carbocycles. The lowest BCUT2D eigenvalue weighted by Crippen LogP contribution is -2.28. The van der Waals surface area contributed by atoms with Crippen LogP contribution in [0.1, 0.15) is 10.9 Å². The van der Waals surface area contributed by atoms with E-state index in [4.69, 9.17) is 4.74 Å². The van der Waals surface area contributed by atoms with Crippen LogP contribution in [-0.2, 0) is 9.59 Å². The van der Waals surface area contributed by atoms with E-state index in [2.05, 4.69) is 15.6 Å². The number of thioether (sulfide) groups is 1. The molecule has 2 aliphatic rings. The summed E-state index contributed by atoms with van der Waals surface area (Å²) in [5.41, 5.74) is 1.39. The molecule has 2 N–H and O–H groups in total. The van der Waals surface area contributed by atoms with Crippen LogP contribution in [0.25, 0.3) is 0 Å². The van der Waals surface area contributed by atoms with Crippen molar-refractivity contribution in [1.29, 1.82) is 0 Å². The number of benzene rings is 1. The van der Waals surface area contributed by atoms with Crippen LogP contribution >= 0.6 is 11.8 Å². The largest absolute Gasteiger partial charge is 0.480 e. The summed E-state index contributed by atoms with van der Waals surface area (Å²) in [5.74, 6) is 0.508. The highest BCUT2D eigenvalue weighted by atomic mass is 32.2. The molecule has 0 bridgehead atoms. The van der Waals surface area contributed by atoms with Crippen LogP contribution in [0.15, 0.2) is 41.3 Å². The highest BCUT2D eigenvalue weighted by molar-refractivity contribution is 8.00. The Morgan fingerprint density at radius 1 is 1.14 bits per heavy atom. The van der Waals surface area contributed by atoms with Crippen LogP contribution in [0.2, 0.25) is 0 Å². The van der Waals surface area contributed by atoms with Crippen molar-refractivity contribution in [3.63, 3.8) is 0 Å². The maximum Gasteiger partial charge on any atom is 0.263 e. The lowest BCUT2D eigenvalue weighted by molar-refractivity contribution is -0.118. The van der Waals surface area contributed by atoms with Gasteiger partial charge in [0.25, 0.3) is 5.91 Å². The fourth-order valence-electron chi connectivity index (χ4n) is 2.37. The quantitative estimate of drug-likeness (QED) is 0.843. The third-order valence-electron chi connectivity index (χ3n) is 3.39. The summed E-state index contributed by atoms with van der Waals surface area (Å²) in [5, 5.41) is 5.08. The standard InChI is InChI=1S/C15H11N3O3S/c19-12-7-21-10-6-5-9(16-14(10)18-12)13-15(20)17-8-3-1-2-4-11(8)22-13/h1-6,13H,7H2,(H,17,20)(H,16,18,19). The molecule has 2 aliphatic heterocycles. The molecular formula is C15H11N3O3S. The number of ether oxygens (including phenoxy) is 1. The molecule has 0 fully saturated rings. The van der Waals surface area contributed by atoms with E-state index in [0.29, 0.717) is 17.3 Å². The van der Waals surface area contributed by atoms with Crippen molar-refractivity contribution < 1.29 is 14.3 Å². The molecule has 1 aromatic carbocycles. The first-order chi connectivity index (χ1) is 10.7. The van der Waals surface area contributed by atoms with Gasteiger partial charge in [0.15, 0.2) is 18.2 Å². The highest BCUT2D eigenvalue weighted by Gasteiger charge is 2.30. The fourth-order valence-corrected chi connectivity index (χ4v) is 3.45. The smallest absolute Gasteiger partial charge is 0.263 e. The van der Waals surface area contributed by atoms with E-state index >= 15 is 0 Å². The Labute approximate surface area is 130 Å². The molecule has 1 unspecified atom stereocenters. The molecular weight excluding hydrogens is 302 g/mol. The summed E-state index contributed by atoms with van der Waals surface area (Å²) < 4.78 is 5.28. The van der Waals surface area contributed by atoms with E-state index in [-0.39, 0.29) is 18.4 Å². The molecule has 0 saturated carbocycles. The van der Waals surface area contributed by atoms with E-state index in [1.165, 1.54) is 11.8 Å². The third-order valence-corrected chi connectivity index (χ3v) is 4.69. The number of rotatable bonds is 1. The minimum absolute atomic E-state index is 0.0138. The first kappa shape index (κ1) is 13.1. The van der Waals surface area contributed by atoms with Gasteiger partial charge in [-0.2, -0.15) is 0 Å². The number of aromatic nitrogens is 1. The lowest BCUT2D eigenvalue weighted by atomic mass is 10.2. The second-order valence-electron chi connectivity index (χ2n) is 4.90. The van der Waals surface area contributed by atoms with Crippen LogP contribution in [0.4, 0.5) is 11.5 Å². The molecule has 0 saturated heterocycles. The normalized spacial score (nSPS) is 19.4. The number of nitrogens with one attached hydrogen (secondary N) is 2. The van der Waals surface area contributed by atoms with Gasteiger partial charge in [0, 0.05) is 4.90 Å². The average molecular weight is 313 g/mol. The van der Waals surface area contributed by atoms with E-state index in [1.54, 1.807) is 12.1 Å². The number of para-hydroxylation sites is 1. The van der Waals surface area contributed by atoms with Gasteiger partial charge < -0.3 is 15.4 Å². The predicted molar refractivity (Wildman–Crippen MR) is 82.0 cm³/mol. The summed E-state index contributed by atoms with van der Waals surface area (Å²) in [4.78, 5) is 29.0. The molecule has 22 heavy (non-hydrogen) atoms. The Hall–Kier alpha value is -2.54. The topological polar surface area (TPSA) is 80.3 Å². The van der Waals surface area contributed by atoms with E-state index in [1.807, 2.05) is 24.3 Å². The molecule has 7 heteroatoms. The third kappa shape index (κ3) is 2.19. The van der Waals surface area contributed by atoms with Gasteiger partial charge >= 0.3 is 0 Å². The van der Waals surface area contributed by atoms with Crippen molar-refractivity contribution in [3.05, 3.63) is 42.1 Å². The van der Waals surface area contributed by atoms with Crippen molar-refractivity contribution in [1.82, 2.24) is 4.98 Å². The zero-order chi connectivity index (χ0) is 15.1. The zero-order valence-electron chi connectivity index (χ0n) is 11.3. The molecule has 0 spiro atoms. The molecule has 0 radical (unpaired) electrons. The van der Waals surface area contributed by atoms with Gasteiger partial charge in [0.1, 0.15) is 5.25 Å². The fraction of sp³-hybridized carbons (Fsp3) is 0.133. The van der Waals surface area contributed by atoms with Crippen LogP contribution in [0, 0.1) is 0 Å². The first-order valence-electron chi connectivity index (χ1n) is 6.71. The SMILES string of the molecule is O=C1COc2ccc(C3Sc4ccccc4NC3=O)nc2N1. The number of anilines is 2. The monoisotopic (exact) mass is 313 g/mol. The maximum atomic E-state index is 12.3. The Bertz CT molecular complexity index is 793. The number of carbonyl (C=O) groups excluding carboxylic acids is 2. The van der Waals surface area contributed by atoms with Gasteiger partial charge in [-0.15, -0.1) is 11.8 Å². The molecule has 6 nitrogen and oxygen atoms in total. The summed E-state index contributed by atoms with van der Waals surface area (Å²) in [6.45, 7) is -0.0138. The molecule has 110 valence electrons. The van der Waals surface area contributed by atoms with E-state index in [0.717, 1.165) is 10.6 Å². The minimum Gasteiger partial charge on any atom is -0.480 e. The van der Waals surface area contributed by atoms with Crippen molar-refractivity contribution in [2.75, 3.05) is 17.2 Å². The zero-order valence-corrected chi connectivity index (χ0v) is 12.1. The average Bonchev–Trinajstić information content (AvgIpc) is 2.53. The Morgan fingerprint density at radius 2 is 2.00 bits per heavy atom. The number of fused-ring (bicyclic) bond motifs is 2. The van der Waals surface area contributed by atoms with Gasteiger partial charge in [0.05, 0.1) is 11.4 Å². The summed E-state index contributed by atoms with van der Waals surface area (Å²) >= 11 is 1.44. The van der Waals surface area contributed by atoms with Crippen LogP contribution < -0.4 is 15.4 Å². The van der Waals surface area contributed by atoms with Crippen molar-refractivity contribution in [2.24, 2.45) is 0 Å². The van der Waals surface area contributed by atoms with E-state index in [9.17, 15) is 9.59 Å². The highest BCUT2D eigenvalue weighted by Crippen LogP contribution is 2.43. The summed E-state index contributed by atoms with van der Waals surface area (Å²) in [6.07, 6.45) is 0. The van der Waals surface area contributed by atoms with Crippen molar-refractivity contribution in [3.8, 4) is 5.75 Å². The second-order valence-corrected chi connectivity index (χ2v) is 6.05. The Kier molecular flexibility index (Phi) is 3.00. The Morgan fingerprint density at radius 3 is 2.91 bits per heavy atom. The first-order valence-corrected chi connectivity index (χ1v) is 7.59. The molecule has 3 heterocycles. The Balaban J connectivity index is 1.69. The van der Waals surface area contributed by atoms with Gasteiger partial charge in [-0.1, -0.05) is 12.1 Å². The molecule has 2 aromatic rings. The van der Waals surface area contributed by atoms with Crippen LogP contribution in [-0.4, -0.2) is 23.4 Å². The lowest BCUT2D eigenvalue weighted by Gasteiger charge is -2.25. The molecule has 4 rings (SSSR count). The summed E-state index contributed by atoms with van der Waals surface area (Å²) in [6, 6.07) is 11.1. The van der Waals surface area contributed by atoms with Gasteiger partial charge in [-0.3, -0.25) is 9.59 Å². The number of carbonyl (C=O) groups is 2. The maximum absolute atomic E-state index is 12.3. The molecule has 1 aromatic heterocycles. The second kappa shape index (κ2) is 5.03. The number of hydrogen-bond donors (Lipinski definition) is 2. The van der Waals surface area contributed by atoms with Crippen molar-refractivity contribution >= 4 is 35.1 Å². The van der Waals surface area contributed by atoms with Crippen LogP contribution in [0.5, 0.6) is 5.75 Å². The summed E-state index contributed by atoms with van der Waals surface area (Å²) in [7, 11) is 0. The molecule has 2 amide bonds.